The van der Waals surface area contributed by atoms with E-state index in [1.165, 1.54) is 4.90 Å². The SMILES string of the molecule is O=C(CN(Cc1ccccc1)C(=O)c1cc(-c2ccccc2)on1)NCc1cccnc1. The Balaban J connectivity index is 1.49. The zero-order valence-electron chi connectivity index (χ0n) is 17.3. The number of nitrogens with one attached hydrogen (secondary N) is 1. The van der Waals surface area contributed by atoms with Crippen LogP contribution in [0.5, 0.6) is 0 Å². The average molecular weight is 426 g/mol. The lowest BCUT2D eigenvalue weighted by atomic mass is 10.1. The topological polar surface area (TPSA) is 88.3 Å². The molecule has 0 aliphatic rings. The second kappa shape index (κ2) is 10.2. The first-order valence-electron chi connectivity index (χ1n) is 10.2. The Bertz CT molecular complexity index is 1160. The van der Waals surface area contributed by atoms with Crippen LogP contribution in [0, 0.1) is 0 Å². The maximum atomic E-state index is 13.2. The molecule has 2 aromatic carbocycles. The number of amides is 2. The third-order valence-corrected chi connectivity index (χ3v) is 4.84. The van der Waals surface area contributed by atoms with Crippen molar-refractivity contribution in [2.45, 2.75) is 13.1 Å². The largest absolute Gasteiger partial charge is 0.355 e. The highest BCUT2D eigenvalue weighted by molar-refractivity contribution is 5.95. The number of aromatic nitrogens is 2. The Hall–Kier alpha value is -4.26. The fraction of sp³-hybridized carbons (Fsp3) is 0.120. The molecule has 0 atom stereocenters. The number of carbonyl (C=O) groups excluding carboxylic acids is 2. The predicted molar refractivity (Wildman–Crippen MR) is 119 cm³/mol. The first kappa shape index (κ1) is 21.0. The van der Waals surface area contributed by atoms with E-state index in [9.17, 15) is 9.59 Å². The van der Waals surface area contributed by atoms with E-state index in [0.29, 0.717) is 12.3 Å². The molecule has 0 fully saturated rings. The Morgan fingerprint density at radius 3 is 2.34 bits per heavy atom. The number of rotatable bonds is 8. The van der Waals surface area contributed by atoms with Crippen LogP contribution >= 0.6 is 0 Å². The van der Waals surface area contributed by atoms with Crippen LogP contribution in [0.2, 0.25) is 0 Å². The lowest BCUT2D eigenvalue weighted by Crippen LogP contribution is -2.40. The van der Waals surface area contributed by atoms with E-state index in [2.05, 4.69) is 15.5 Å². The van der Waals surface area contributed by atoms with Crippen molar-refractivity contribution in [1.29, 1.82) is 0 Å². The molecule has 4 rings (SSSR count). The Labute approximate surface area is 185 Å². The van der Waals surface area contributed by atoms with E-state index >= 15 is 0 Å². The zero-order valence-corrected chi connectivity index (χ0v) is 17.3. The van der Waals surface area contributed by atoms with Gasteiger partial charge in [0.05, 0.1) is 0 Å². The predicted octanol–water partition coefficient (Wildman–Crippen LogP) is 3.70. The molecular formula is C25H22N4O3. The van der Waals surface area contributed by atoms with Crippen molar-refractivity contribution in [2.24, 2.45) is 0 Å². The third kappa shape index (κ3) is 5.46. The Morgan fingerprint density at radius 2 is 1.62 bits per heavy atom. The van der Waals surface area contributed by atoms with Gasteiger partial charge in [-0.1, -0.05) is 71.9 Å². The van der Waals surface area contributed by atoms with E-state index in [4.69, 9.17) is 4.52 Å². The average Bonchev–Trinajstić information content (AvgIpc) is 3.34. The summed E-state index contributed by atoms with van der Waals surface area (Å²) in [4.78, 5) is 31.3. The fourth-order valence-electron chi connectivity index (χ4n) is 3.21. The highest BCUT2D eigenvalue weighted by atomic mass is 16.5. The van der Waals surface area contributed by atoms with Crippen LogP contribution < -0.4 is 5.32 Å². The summed E-state index contributed by atoms with van der Waals surface area (Å²) in [6.07, 6.45) is 3.36. The minimum atomic E-state index is -0.378. The molecule has 0 aliphatic heterocycles. The molecule has 7 nitrogen and oxygen atoms in total. The van der Waals surface area contributed by atoms with Gasteiger partial charge in [0.25, 0.3) is 5.91 Å². The molecule has 0 aliphatic carbocycles. The molecule has 2 aromatic heterocycles. The summed E-state index contributed by atoms with van der Waals surface area (Å²) in [7, 11) is 0. The van der Waals surface area contributed by atoms with Gasteiger partial charge in [-0.05, 0) is 17.2 Å². The number of carbonyl (C=O) groups is 2. The van der Waals surface area contributed by atoms with E-state index in [1.807, 2.05) is 72.8 Å². The van der Waals surface area contributed by atoms with Crippen molar-refractivity contribution in [3.8, 4) is 11.3 Å². The molecule has 160 valence electrons. The summed E-state index contributed by atoms with van der Waals surface area (Å²) in [6.45, 7) is 0.497. The maximum absolute atomic E-state index is 13.2. The van der Waals surface area contributed by atoms with Gasteiger partial charge in [-0.15, -0.1) is 0 Å². The number of pyridine rings is 1. The van der Waals surface area contributed by atoms with Crippen molar-refractivity contribution in [3.05, 3.63) is 108 Å². The molecule has 2 heterocycles. The molecule has 32 heavy (non-hydrogen) atoms. The van der Waals surface area contributed by atoms with Crippen molar-refractivity contribution < 1.29 is 14.1 Å². The molecular weight excluding hydrogens is 404 g/mol. The quantitative estimate of drug-likeness (QED) is 0.464. The Kier molecular flexibility index (Phi) is 6.67. The summed E-state index contributed by atoms with van der Waals surface area (Å²) in [5.41, 5.74) is 2.76. The van der Waals surface area contributed by atoms with Gasteiger partial charge in [0.1, 0.15) is 6.54 Å². The lowest BCUT2D eigenvalue weighted by Gasteiger charge is -2.21. The van der Waals surface area contributed by atoms with Gasteiger partial charge in [-0.3, -0.25) is 14.6 Å². The van der Waals surface area contributed by atoms with Crippen molar-refractivity contribution in [2.75, 3.05) is 6.54 Å². The summed E-state index contributed by atoms with van der Waals surface area (Å²) < 4.78 is 5.38. The van der Waals surface area contributed by atoms with E-state index < -0.39 is 0 Å². The monoisotopic (exact) mass is 426 g/mol. The highest BCUT2D eigenvalue weighted by Crippen LogP contribution is 2.21. The van der Waals surface area contributed by atoms with E-state index in [0.717, 1.165) is 16.7 Å². The molecule has 0 unspecified atom stereocenters. The van der Waals surface area contributed by atoms with Crippen LogP contribution in [0.4, 0.5) is 0 Å². The van der Waals surface area contributed by atoms with Gasteiger partial charge >= 0.3 is 0 Å². The van der Waals surface area contributed by atoms with Gasteiger partial charge in [0.2, 0.25) is 5.91 Å². The van der Waals surface area contributed by atoms with Crippen molar-refractivity contribution >= 4 is 11.8 Å². The molecule has 0 radical (unpaired) electrons. The molecule has 1 N–H and O–H groups in total. The van der Waals surface area contributed by atoms with Crippen LogP contribution in [0.3, 0.4) is 0 Å². The molecule has 2 amide bonds. The lowest BCUT2D eigenvalue weighted by molar-refractivity contribution is -0.122. The molecule has 0 bridgehead atoms. The maximum Gasteiger partial charge on any atom is 0.276 e. The second-order valence-electron chi connectivity index (χ2n) is 7.23. The van der Waals surface area contributed by atoms with Crippen LogP contribution in [0.1, 0.15) is 21.6 Å². The summed E-state index contributed by atoms with van der Waals surface area (Å²) in [5, 5.41) is 6.79. The number of benzene rings is 2. The molecule has 7 heteroatoms. The zero-order chi connectivity index (χ0) is 22.2. The van der Waals surface area contributed by atoms with Crippen LogP contribution in [0.25, 0.3) is 11.3 Å². The molecule has 0 spiro atoms. The number of hydrogen-bond acceptors (Lipinski definition) is 5. The first-order valence-corrected chi connectivity index (χ1v) is 10.2. The van der Waals surface area contributed by atoms with Gasteiger partial charge < -0.3 is 14.7 Å². The van der Waals surface area contributed by atoms with Gasteiger partial charge in [0.15, 0.2) is 11.5 Å². The minimum Gasteiger partial charge on any atom is -0.355 e. The van der Waals surface area contributed by atoms with Gasteiger partial charge in [-0.2, -0.15) is 0 Å². The summed E-state index contributed by atoms with van der Waals surface area (Å²) in [6, 6.07) is 24.2. The smallest absolute Gasteiger partial charge is 0.276 e. The molecule has 0 saturated carbocycles. The van der Waals surface area contributed by atoms with Crippen molar-refractivity contribution in [3.63, 3.8) is 0 Å². The Morgan fingerprint density at radius 1 is 0.906 bits per heavy atom. The summed E-state index contributed by atoms with van der Waals surface area (Å²) >= 11 is 0. The van der Waals surface area contributed by atoms with Gasteiger partial charge in [-0.25, -0.2) is 0 Å². The van der Waals surface area contributed by atoms with Crippen LogP contribution in [0.15, 0.2) is 95.8 Å². The van der Waals surface area contributed by atoms with Crippen LogP contribution in [-0.2, 0) is 17.9 Å². The normalized spacial score (nSPS) is 10.5. The fourth-order valence-corrected chi connectivity index (χ4v) is 3.21. The highest BCUT2D eigenvalue weighted by Gasteiger charge is 2.23. The van der Waals surface area contributed by atoms with E-state index in [1.54, 1.807) is 18.5 Å². The molecule has 4 aromatic rings. The third-order valence-electron chi connectivity index (χ3n) is 4.84. The second-order valence-corrected chi connectivity index (χ2v) is 7.23. The summed E-state index contributed by atoms with van der Waals surface area (Å²) in [5.74, 6) is -0.157. The standard InChI is InChI=1S/C25H22N4O3/c30-24(27-16-20-10-7-13-26-15-20)18-29(17-19-8-3-1-4-9-19)25(31)22-14-23(32-28-22)21-11-5-2-6-12-21/h1-15H,16-18H2,(H,27,30). The van der Waals surface area contributed by atoms with Gasteiger partial charge in [0, 0.05) is 37.1 Å². The van der Waals surface area contributed by atoms with E-state index in [-0.39, 0.29) is 30.6 Å². The molecule has 0 saturated heterocycles. The first-order chi connectivity index (χ1) is 15.7. The minimum absolute atomic E-state index is 0.110. The van der Waals surface area contributed by atoms with Crippen LogP contribution in [-0.4, -0.2) is 33.4 Å². The van der Waals surface area contributed by atoms with Crippen molar-refractivity contribution in [1.82, 2.24) is 20.4 Å². The number of nitrogens with zero attached hydrogens (tertiary/aromatic N) is 3. The number of hydrogen-bond donors (Lipinski definition) is 1.